The fourth-order valence-electron chi connectivity index (χ4n) is 1.30. The minimum atomic E-state index is -2.78. The molecule has 1 fully saturated rings. The van der Waals surface area contributed by atoms with Crippen LogP contribution in [0.1, 0.15) is 13.8 Å². The first-order chi connectivity index (χ1) is 5.92. The minimum absolute atomic E-state index is 0.250. The maximum atomic E-state index is 11.1. The molecule has 1 aliphatic rings. The number of nitrogens with zero attached hydrogens (tertiary/aromatic N) is 1. The standard InChI is InChI=1S/C8H15NO2S2/c1-7(2)8(12)9-3-5-13(10,11)6-4-9/h7H,3-6H2,1-2H3. The Kier molecular flexibility index (Phi) is 3.29. The van der Waals surface area contributed by atoms with Crippen molar-refractivity contribution in [1.82, 2.24) is 4.90 Å². The summed E-state index contributed by atoms with van der Waals surface area (Å²) in [7, 11) is -2.78. The third-order valence-corrected chi connectivity index (χ3v) is 4.49. The zero-order chi connectivity index (χ0) is 10.1. The van der Waals surface area contributed by atoms with Gasteiger partial charge in [-0.15, -0.1) is 0 Å². The highest BCUT2D eigenvalue weighted by Crippen LogP contribution is 2.09. The zero-order valence-corrected chi connectivity index (χ0v) is 9.62. The molecule has 0 aromatic heterocycles. The van der Waals surface area contributed by atoms with Gasteiger partial charge in [0.1, 0.15) is 0 Å². The van der Waals surface area contributed by atoms with Crippen LogP contribution < -0.4 is 0 Å². The summed E-state index contributed by atoms with van der Waals surface area (Å²) < 4.78 is 22.2. The van der Waals surface area contributed by atoms with Crippen molar-refractivity contribution in [3.63, 3.8) is 0 Å². The lowest BCUT2D eigenvalue weighted by Gasteiger charge is -2.30. The molecule has 5 heteroatoms. The normalized spacial score (nSPS) is 21.9. The van der Waals surface area contributed by atoms with Crippen molar-refractivity contribution in [2.45, 2.75) is 13.8 Å². The summed E-state index contributed by atoms with van der Waals surface area (Å²) in [6, 6.07) is 0. The number of sulfone groups is 1. The highest BCUT2D eigenvalue weighted by atomic mass is 32.2. The maximum absolute atomic E-state index is 11.1. The Morgan fingerprint density at radius 1 is 1.31 bits per heavy atom. The number of thiocarbonyl (C=S) groups is 1. The van der Waals surface area contributed by atoms with E-state index in [-0.39, 0.29) is 11.5 Å². The Morgan fingerprint density at radius 2 is 1.77 bits per heavy atom. The van der Waals surface area contributed by atoms with E-state index >= 15 is 0 Å². The number of hydrogen-bond acceptors (Lipinski definition) is 3. The van der Waals surface area contributed by atoms with Crippen LogP contribution in [-0.2, 0) is 9.84 Å². The van der Waals surface area contributed by atoms with Crippen LogP contribution >= 0.6 is 12.2 Å². The molecule has 0 aromatic carbocycles. The molecule has 0 aromatic rings. The Bertz CT molecular complexity index is 281. The molecule has 1 aliphatic heterocycles. The second kappa shape index (κ2) is 3.92. The fourth-order valence-corrected chi connectivity index (χ4v) is 2.68. The molecular weight excluding hydrogens is 206 g/mol. The van der Waals surface area contributed by atoms with Gasteiger partial charge in [0.2, 0.25) is 0 Å². The molecule has 0 spiro atoms. The molecule has 0 saturated carbocycles. The van der Waals surface area contributed by atoms with Crippen LogP contribution in [-0.4, -0.2) is 42.9 Å². The predicted molar refractivity (Wildman–Crippen MR) is 57.7 cm³/mol. The van der Waals surface area contributed by atoms with Crippen LogP contribution in [0.2, 0.25) is 0 Å². The van der Waals surface area contributed by atoms with E-state index < -0.39 is 9.84 Å². The van der Waals surface area contributed by atoms with Gasteiger partial charge in [-0.2, -0.15) is 0 Å². The van der Waals surface area contributed by atoms with Crippen LogP contribution in [0, 0.1) is 5.92 Å². The van der Waals surface area contributed by atoms with E-state index in [9.17, 15) is 8.42 Å². The second-order valence-electron chi connectivity index (χ2n) is 3.63. The molecule has 1 saturated heterocycles. The molecule has 3 nitrogen and oxygen atoms in total. The Balaban J connectivity index is 2.55. The van der Waals surface area contributed by atoms with Crippen molar-refractivity contribution in [2.24, 2.45) is 5.92 Å². The molecule has 1 rings (SSSR count). The lowest BCUT2D eigenvalue weighted by atomic mass is 10.2. The van der Waals surface area contributed by atoms with E-state index in [1.807, 2.05) is 18.7 Å². The van der Waals surface area contributed by atoms with E-state index in [2.05, 4.69) is 0 Å². The van der Waals surface area contributed by atoms with Crippen LogP contribution in [0.4, 0.5) is 0 Å². The molecule has 13 heavy (non-hydrogen) atoms. The van der Waals surface area contributed by atoms with Crippen molar-refractivity contribution in [3.05, 3.63) is 0 Å². The molecule has 0 bridgehead atoms. The molecule has 0 atom stereocenters. The van der Waals surface area contributed by atoms with Crippen molar-refractivity contribution < 1.29 is 8.42 Å². The lowest BCUT2D eigenvalue weighted by molar-refractivity contribution is 0.432. The molecule has 0 amide bonds. The van der Waals surface area contributed by atoms with E-state index in [1.54, 1.807) is 0 Å². The molecular formula is C8H15NO2S2. The Morgan fingerprint density at radius 3 is 2.15 bits per heavy atom. The first kappa shape index (κ1) is 10.9. The van der Waals surface area contributed by atoms with E-state index in [4.69, 9.17) is 12.2 Å². The van der Waals surface area contributed by atoms with E-state index in [0.29, 0.717) is 19.0 Å². The van der Waals surface area contributed by atoms with Gasteiger partial charge in [0.05, 0.1) is 16.5 Å². The quantitative estimate of drug-likeness (QED) is 0.611. The molecule has 1 heterocycles. The smallest absolute Gasteiger partial charge is 0.153 e. The molecule has 0 aliphatic carbocycles. The van der Waals surface area contributed by atoms with Crippen molar-refractivity contribution in [1.29, 1.82) is 0 Å². The van der Waals surface area contributed by atoms with Gasteiger partial charge in [-0.05, 0) is 0 Å². The summed E-state index contributed by atoms with van der Waals surface area (Å²) in [4.78, 5) is 2.89. The number of hydrogen-bond donors (Lipinski definition) is 0. The van der Waals surface area contributed by atoms with E-state index in [1.165, 1.54) is 0 Å². The van der Waals surface area contributed by atoms with Gasteiger partial charge >= 0.3 is 0 Å². The fraction of sp³-hybridized carbons (Fsp3) is 0.875. The number of rotatable bonds is 1. The van der Waals surface area contributed by atoms with Crippen LogP contribution in [0.25, 0.3) is 0 Å². The lowest BCUT2D eigenvalue weighted by Crippen LogP contribution is -2.44. The minimum Gasteiger partial charge on any atom is -0.364 e. The molecule has 0 unspecified atom stereocenters. The van der Waals surface area contributed by atoms with Crippen molar-refractivity contribution in [2.75, 3.05) is 24.6 Å². The first-order valence-electron chi connectivity index (χ1n) is 4.41. The monoisotopic (exact) mass is 221 g/mol. The summed E-state index contributed by atoms with van der Waals surface area (Å²) >= 11 is 5.20. The highest BCUT2D eigenvalue weighted by Gasteiger charge is 2.23. The molecule has 0 N–H and O–H groups in total. The summed E-state index contributed by atoms with van der Waals surface area (Å²) in [6.45, 7) is 5.20. The maximum Gasteiger partial charge on any atom is 0.153 e. The van der Waals surface area contributed by atoms with Gasteiger partial charge in [0, 0.05) is 19.0 Å². The predicted octanol–water partition coefficient (Wildman–Crippen LogP) is 0.700. The zero-order valence-electron chi connectivity index (χ0n) is 7.99. The SMILES string of the molecule is CC(C)C(=S)N1CCS(=O)(=O)CC1. The van der Waals surface area contributed by atoms with Crippen molar-refractivity contribution in [3.8, 4) is 0 Å². The average Bonchev–Trinajstić information content (AvgIpc) is 2.03. The summed E-state index contributed by atoms with van der Waals surface area (Å²) in [5.41, 5.74) is 0. The van der Waals surface area contributed by atoms with Crippen LogP contribution in [0.15, 0.2) is 0 Å². The summed E-state index contributed by atoms with van der Waals surface area (Å²) in [5.74, 6) is 0.829. The molecule has 76 valence electrons. The van der Waals surface area contributed by atoms with Gasteiger partial charge in [0.15, 0.2) is 9.84 Å². The third-order valence-electron chi connectivity index (χ3n) is 2.15. The van der Waals surface area contributed by atoms with Crippen LogP contribution in [0.5, 0.6) is 0 Å². The van der Waals surface area contributed by atoms with Crippen LogP contribution in [0.3, 0.4) is 0 Å². The first-order valence-corrected chi connectivity index (χ1v) is 6.64. The topological polar surface area (TPSA) is 37.4 Å². The highest BCUT2D eigenvalue weighted by molar-refractivity contribution is 7.91. The summed E-state index contributed by atoms with van der Waals surface area (Å²) in [6.07, 6.45) is 0. The average molecular weight is 221 g/mol. The van der Waals surface area contributed by atoms with Gasteiger partial charge in [-0.25, -0.2) is 8.42 Å². The van der Waals surface area contributed by atoms with E-state index in [0.717, 1.165) is 4.99 Å². The van der Waals surface area contributed by atoms with Gasteiger partial charge in [0.25, 0.3) is 0 Å². The summed E-state index contributed by atoms with van der Waals surface area (Å²) in [5, 5.41) is 0. The third kappa shape index (κ3) is 2.91. The van der Waals surface area contributed by atoms with Gasteiger partial charge in [-0.1, -0.05) is 26.1 Å². The Labute approximate surface area is 85.0 Å². The molecule has 0 radical (unpaired) electrons. The van der Waals surface area contributed by atoms with Gasteiger partial charge < -0.3 is 4.90 Å². The van der Waals surface area contributed by atoms with Crippen molar-refractivity contribution >= 4 is 27.0 Å². The Hall–Kier alpha value is -0.160. The largest absolute Gasteiger partial charge is 0.364 e. The second-order valence-corrected chi connectivity index (χ2v) is 6.35. The van der Waals surface area contributed by atoms with Gasteiger partial charge in [-0.3, -0.25) is 0 Å².